The largest absolute Gasteiger partial charge is 0.507 e. The first kappa shape index (κ1) is 23.1. The Labute approximate surface area is 199 Å². The van der Waals surface area contributed by atoms with Crippen LogP contribution in [0.4, 0.5) is 5.69 Å². The Morgan fingerprint density at radius 2 is 1.59 bits per heavy atom. The Hall–Kier alpha value is -4.06. The van der Waals surface area contributed by atoms with Crippen LogP contribution in [0, 0.1) is 6.92 Å². The summed E-state index contributed by atoms with van der Waals surface area (Å²) in [4.78, 5) is 28.1. The number of carbonyl (C=O) groups is 2. The highest BCUT2D eigenvalue weighted by molar-refractivity contribution is 6.51. The molecule has 0 saturated carbocycles. The third kappa shape index (κ3) is 4.27. The van der Waals surface area contributed by atoms with E-state index >= 15 is 0 Å². The van der Waals surface area contributed by atoms with E-state index in [0.29, 0.717) is 36.0 Å². The number of aliphatic hydroxyl groups excluding tert-OH is 1. The fourth-order valence-electron chi connectivity index (χ4n) is 4.20. The number of Topliss-reactive ketones (excluding diaryl/α,β-unsaturated/α-hetero) is 1. The monoisotopic (exact) mass is 457 g/mol. The van der Waals surface area contributed by atoms with Gasteiger partial charge in [0, 0.05) is 17.3 Å². The second-order valence-corrected chi connectivity index (χ2v) is 7.95. The van der Waals surface area contributed by atoms with Crippen LogP contribution in [0.2, 0.25) is 0 Å². The predicted molar refractivity (Wildman–Crippen MR) is 131 cm³/mol. The average Bonchev–Trinajstić information content (AvgIpc) is 3.11. The van der Waals surface area contributed by atoms with Crippen molar-refractivity contribution >= 4 is 23.1 Å². The van der Waals surface area contributed by atoms with Gasteiger partial charge in [0.1, 0.15) is 5.76 Å². The van der Waals surface area contributed by atoms with Crippen molar-refractivity contribution < 1.29 is 24.2 Å². The predicted octanol–water partition coefficient (Wildman–Crippen LogP) is 5.42. The lowest BCUT2D eigenvalue weighted by Gasteiger charge is -2.26. The van der Waals surface area contributed by atoms with Gasteiger partial charge in [0.2, 0.25) is 0 Å². The van der Waals surface area contributed by atoms with Gasteiger partial charge in [0.25, 0.3) is 11.7 Å². The molecule has 0 bridgehead atoms. The summed E-state index contributed by atoms with van der Waals surface area (Å²) in [5.41, 5.74) is 2.70. The van der Waals surface area contributed by atoms with E-state index in [9.17, 15) is 14.7 Å². The van der Waals surface area contributed by atoms with Gasteiger partial charge < -0.3 is 14.6 Å². The highest BCUT2D eigenvalue weighted by Gasteiger charge is 2.47. The number of hydrogen-bond donors (Lipinski definition) is 1. The summed E-state index contributed by atoms with van der Waals surface area (Å²) < 4.78 is 11.4. The molecule has 1 fully saturated rings. The lowest BCUT2D eigenvalue weighted by atomic mass is 9.94. The second kappa shape index (κ2) is 9.83. The Kier molecular flexibility index (Phi) is 6.68. The van der Waals surface area contributed by atoms with Crippen LogP contribution in [0.15, 0.2) is 78.4 Å². The van der Waals surface area contributed by atoms with E-state index in [2.05, 4.69) is 0 Å². The van der Waals surface area contributed by atoms with Crippen molar-refractivity contribution in [1.82, 2.24) is 0 Å². The smallest absolute Gasteiger partial charge is 0.300 e. The molecule has 1 atom stereocenters. The van der Waals surface area contributed by atoms with Crippen LogP contribution in [0.25, 0.3) is 5.76 Å². The molecule has 4 rings (SSSR count). The molecule has 6 nitrogen and oxygen atoms in total. The molecule has 3 aromatic rings. The first-order chi connectivity index (χ1) is 16.5. The number of nitrogens with zero attached hydrogens (tertiary/aromatic N) is 1. The molecule has 1 aliphatic rings. The summed E-state index contributed by atoms with van der Waals surface area (Å²) in [6, 6.07) is 20.7. The SMILES string of the molecule is CCOc1ccc(N2C(=O)C(=O)/C(=C(/O)c3ccccc3)C2c2cccc(C)c2)cc1OCC. The quantitative estimate of drug-likeness (QED) is 0.291. The Morgan fingerprint density at radius 3 is 2.26 bits per heavy atom. The second-order valence-electron chi connectivity index (χ2n) is 7.95. The minimum Gasteiger partial charge on any atom is -0.507 e. The van der Waals surface area contributed by atoms with Gasteiger partial charge in [0.15, 0.2) is 11.5 Å². The topological polar surface area (TPSA) is 76.1 Å². The van der Waals surface area contributed by atoms with Gasteiger partial charge in [0.05, 0.1) is 24.8 Å². The summed E-state index contributed by atoms with van der Waals surface area (Å²) in [5.74, 6) is -0.616. The van der Waals surface area contributed by atoms with Crippen molar-refractivity contribution in [3.8, 4) is 11.5 Å². The molecule has 1 heterocycles. The van der Waals surface area contributed by atoms with Gasteiger partial charge in [-0.3, -0.25) is 14.5 Å². The normalized spacial score (nSPS) is 17.1. The molecule has 1 amide bonds. The van der Waals surface area contributed by atoms with Crippen molar-refractivity contribution in [1.29, 1.82) is 0 Å². The van der Waals surface area contributed by atoms with Crippen molar-refractivity contribution in [2.75, 3.05) is 18.1 Å². The number of ether oxygens (including phenoxy) is 2. The van der Waals surface area contributed by atoms with E-state index < -0.39 is 17.7 Å². The molecule has 0 aliphatic carbocycles. The Bertz CT molecular complexity index is 1250. The molecule has 1 aliphatic heterocycles. The number of aryl methyl sites for hydroxylation is 1. The maximum Gasteiger partial charge on any atom is 0.300 e. The molecule has 1 N–H and O–H groups in total. The van der Waals surface area contributed by atoms with Crippen LogP contribution in [-0.4, -0.2) is 30.0 Å². The van der Waals surface area contributed by atoms with Crippen LogP contribution in [0.1, 0.15) is 36.6 Å². The lowest BCUT2D eigenvalue weighted by molar-refractivity contribution is -0.132. The number of carbonyl (C=O) groups excluding carboxylic acids is 2. The van der Waals surface area contributed by atoms with Crippen LogP contribution >= 0.6 is 0 Å². The number of ketones is 1. The molecule has 1 unspecified atom stereocenters. The Balaban J connectivity index is 1.92. The molecule has 0 aromatic heterocycles. The number of anilines is 1. The number of benzene rings is 3. The van der Waals surface area contributed by atoms with E-state index in [1.54, 1.807) is 42.5 Å². The standard InChI is InChI=1S/C28H27NO5/c1-4-33-22-15-14-21(17-23(22)34-5-2)29-25(20-13-9-10-18(3)16-20)24(27(31)28(29)32)26(30)19-11-7-6-8-12-19/h6-17,25,30H,4-5H2,1-3H3/b26-24+. The molecule has 174 valence electrons. The molecule has 0 radical (unpaired) electrons. The summed E-state index contributed by atoms with van der Waals surface area (Å²) in [5, 5.41) is 11.2. The summed E-state index contributed by atoms with van der Waals surface area (Å²) in [7, 11) is 0. The minimum absolute atomic E-state index is 0.0497. The molecular weight excluding hydrogens is 430 g/mol. The van der Waals surface area contributed by atoms with Gasteiger partial charge >= 0.3 is 0 Å². The number of hydrogen-bond acceptors (Lipinski definition) is 5. The molecule has 34 heavy (non-hydrogen) atoms. The molecule has 1 saturated heterocycles. The maximum atomic E-state index is 13.4. The van der Waals surface area contributed by atoms with Gasteiger partial charge in [-0.1, -0.05) is 60.2 Å². The molecular formula is C28H27NO5. The molecule has 0 spiro atoms. The molecule has 3 aromatic carbocycles. The van der Waals surface area contributed by atoms with Gasteiger partial charge in [-0.25, -0.2) is 0 Å². The zero-order chi connectivity index (χ0) is 24.2. The fraction of sp³-hybridized carbons (Fsp3) is 0.214. The van der Waals surface area contributed by atoms with E-state index in [1.165, 1.54) is 4.90 Å². The fourth-order valence-corrected chi connectivity index (χ4v) is 4.20. The van der Waals surface area contributed by atoms with E-state index in [-0.39, 0.29) is 11.3 Å². The highest BCUT2D eigenvalue weighted by Crippen LogP contribution is 2.44. The zero-order valence-electron chi connectivity index (χ0n) is 19.4. The summed E-state index contributed by atoms with van der Waals surface area (Å²) >= 11 is 0. The summed E-state index contributed by atoms with van der Waals surface area (Å²) in [6.45, 7) is 6.56. The first-order valence-corrected chi connectivity index (χ1v) is 11.3. The van der Waals surface area contributed by atoms with Gasteiger partial charge in [-0.2, -0.15) is 0 Å². The van der Waals surface area contributed by atoms with E-state index in [1.807, 2.05) is 51.1 Å². The first-order valence-electron chi connectivity index (χ1n) is 11.3. The van der Waals surface area contributed by atoms with Crippen LogP contribution in [0.5, 0.6) is 11.5 Å². The molecule has 6 heteroatoms. The summed E-state index contributed by atoms with van der Waals surface area (Å²) in [6.07, 6.45) is 0. The number of rotatable bonds is 7. The van der Waals surface area contributed by atoms with Crippen molar-refractivity contribution in [2.45, 2.75) is 26.8 Å². The third-order valence-electron chi connectivity index (χ3n) is 5.65. The average molecular weight is 458 g/mol. The van der Waals surface area contributed by atoms with E-state index in [0.717, 1.165) is 11.1 Å². The minimum atomic E-state index is -0.799. The number of amides is 1. The van der Waals surface area contributed by atoms with Gasteiger partial charge in [-0.05, 0) is 38.5 Å². The van der Waals surface area contributed by atoms with E-state index in [4.69, 9.17) is 9.47 Å². The highest BCUT2D eigenvalue weighted by atomic mass is 16.5. The lowest BCUT2D eigenvalue weighted by Crippen LogP contribution is -2.29. The Morgan fingerprint density at radius 1 is 0.882 bits per heavy atom. The third-order valence-corrected chi connectivity index (χ3v) is 5.65. The van der Waals surface area contributed by atoms with Crippen molar-refractivity contribution in [3.05, 3.63) is 95.1 Å². The maximum absolute atomic E-state index is 13.4. The van der Waals surface area contributed by atoms with Crippen LogP contribution < -0.4 is 14.4 Å². The van der Waals surface area contributed by atoms with Gasteiger partial charge in [-0.15, -0.1) is 0 Å². The zero-order valence-corrected chi connectivity index (χ0v) is 19.4. The van der Waals surface area contributed by atoms with Crippen LogP contribution in [0.3, 0.4) is 0 Å². The number of aliphatic hydroxyl groups is 1. The van der Waals surface area contributed by atoms with Crippen molar-refractivity contribution in [3.63, 3.8) is 0 Å². The van der Waals surface area contributed by atoms with Crippen LogP contribution in [-0.2, 0) is 9.59 Å². The van der Waals surface area contributed by atoms with Crippen molar-refractivity contribution in [2.24, 2.45) is 0 Å².